The molecule has 13 heteroatoms. The van der Waals surface area contributed by atoms with Crippen LogP contribution in [0.25, 0.3) is 0 Å². The number of para-hydroxylation sites is 1. The molecule has 28 heavy (non-hydrogen) atoms. The standard InChI is InChI=1S/C15H6F10N2S/c16-8-7(15(23,24)25)9(17)11(19)12(10(8)18)27-13(28)26-6-4-2-1-3-5(6)14(20,21)22/h1-4H,(H2,26,27,28). The molecule has 0 amide bonds. The van der Waals surface area contributed by atoms with Crippen LogP contribution in [0.15, 0.2) is 24.3 Å². The lowest BCUT2D eigenvalue weighted by Crippen LogP contribution is -2.24. The monoisotopic (exact) mass is 436 g/mol. The molecule has 0 aliphatic rings. The molecular weight excluding hydrogens is 430 g/mol. The summed E-state index contributed by atoms with van der Waals surface area (Å²) in [6.45, 7) is 0. The van der Waals surface area contributed by atoms with Gasteiger partial charge >= 0.3 is 12.4 Å². The molecule has 0 saturated heterocycles. The van der Waals surface area contributed by atoms with Gasteiger partial charge in [0, 0.05) is 0 Å². The van der Waals surface area contributed by atoms with Gasteiger partial charge in [0.05, 0.1) is 11.3 Å². The molecular formula is C15H6F10N2S. The number of thiocarbonyl (C=S) groups is 1. The molecule has 0 saturated carbocycles. The fourth-order valence-electron chi connectivity index (χ4n) is 2.10. The van der Waals surface area contributed by atoms with E-state index in [1.807, 2.05) is 5.32 Å². The molecule has 152 valence electrons. The third kappa shape index (κ3) is 4.29. The van der Waals surface area contributed by atoms with Crippen LogP contribution < -0.4 is 10.6 Å². The first-order valence-corrected chi connectivity index (χ1v) is 7.33. The summed E-state index contributed by atoms with van der Waals surface area (Å²) >= 11 is 4.52. The molecule has 0 aliphatic heterocycles. The maximum absolute atomic E-state index is 13.8. The number of benzene rings is 2. The number of hydrogen-bond donors (Lipinski definition) is 2. The molecule has 0 atom stereocenters. The predicted molar refractivity (Wildman–Crippen MR) is 82.6 cm³/mol. The second kappa shape index (κ2) is 7.45. The van der Waals surface area contributed by atoms with E-state index >= 15 is 0 Å². The van der Waals surface area contributed by atoms with Gasteiger partial charge in [0.2, 0.25) is 0 Å². The zero-order valence-electron chi connectivity index (χ0n) is 13.0. The van der Waals surface area contributed by atoms with Crippen molar-refractivity contribution >= 4 is 28.7 Å². The highest BCUT2D eigenvalue weighted by Gasteiger charge is 2.42. The Balaban J connectivity index is 2.39. The van der Waals surface area contributed by atoms with E-state index in [0.717, 1.165) is 18.2 Å². The van der Waals surface area contributed by atoms with Crippen molar-refractivity contribution in [1.29, 1.82) is 0 Å². The molecule has 0 bridgehead atoms. The molecule has 0 fully saturated rings. The molecule has 2 aromatic carbocycles. The minimum atomic E-state index is -5.74. The Bertz CT molecular complexity index is 891. The Morgan fingerprint density at radius 1 is 0.714 bits per heavy atom. The minimum Gasteiger partial charge on any atom is -0.332 e. The van der Waals surface area contributed by atoms with Crippen LogP contribution in [0.3, 0.4) is 0 Å². The van der Waals surface area contributed by atoms with Crippen molar-refractivity contribution in [1.82, 2.24) is 0 Å². The summed E-state index contributed by atoms with van der Waals surface area (Å²) in [6.07, 6.45) is -10.6. The molecule has 2 nitrogen and oxygen atoms in total. The van der Waals surface area contributed by atoms with Crippen LogP contribution >= 0.6 is 12.2 Å². The van der Waals surface area contributed by atoms with E-state index in [9.17, 15) is 43.9 Å². The van der Waals surface area contributed by atoms with Gasteiger partial charge in [-0.05, 0) is 24.4 Å². The van der Waals surface area contributed by atoms with Gasteiger partial charge in [-0.25, -0.2) is 17.6 Å². The lowest BCUT2D eigenvalue weighted by atomic mass is 10.1. The first-order valence-electron chi connectivity index (χ1n) is 6.92. The van der Waals surface area contributed by atoms with E-state index in [-0.39, 0.29) is 0 Å². The summed E-state index contributed by atoms with van der Waals surface area (Å²) in [5, 5.41) is 2.46. The Morgan fingerprint density at radius 3 is 1.68 bits per heavy atom. The third-order valence-corrected chi connectivity index (χ3v) is 3.47. The molecule has 0 heterocycles. The quantitative estimate of drug-likeness (QED) is 0.339. The molecule has 0 aromatic heterocycles. The van der Waals surface area contributed by atoms with Gasteiger partial charge in [0.25, 0.3) is 0 Å². The normalized spacial score (nSPS) is 12.1. The van der Waals surface area contributed by atoms with Crippen LogP contribution in [-0.2, 0) is 12.4 Å². The highest BCUT2D eigenvalue weighted by molar-refractivity contribution is 7.80. The van der Waals surface area contributed by atoms with E-state index in [0.29, 0.717) is 6.07 Å². The van der Waals surface area contributed by atoms with E-state index in [1.165, 1.54) is 5.32 Å². The van der Waals surface area contributed by atoms with Gasteiger partial charge in [0.1, 0.15) is 11.3 Å². The molecule has 0 radical (unpaired) electrons. The van der Waals surface area contributed by atoms with Gasteiger partial charge in [-0.3, -0.25) is 0 Å². The van der Waals surface area contributed by atoms with Crippen LogP contribution in [0.5, 0.6) is 0 Å². The van der Waals surface area contributed by atoms with Crippen molar-refractivity contribution in [3.8, 4) is 0 Å². The molecule has 2 aromatic rings. The van der Waals surface area contributed by atoms with Crippen LogP contribution in [0.4, 0.5) is 55.3 Å². The largest absolute Gasteiger partial charge is 0.422 e. The zero-order valence-corrected chi connectivity index (χ0v) is 13.8. The highest BCUT2D eigenvalue weighted by Crippen LogP contribution is 2.39. The summed E-state index contributed by atoms with van der Waals surface area (Å²) in [5.41, 5.74) is -6.45. The van der Waals surface area contributed by atoms with Crippen LogP contribution in [-0.4, -0.2) is 5.11 Å². The van der Waals surface area contributed by atoms with Crippen molar-refractivity contribution in [2.45, 2.75) is 12.4 Å². The van der Waals surface area contributed by atoms with Gasteiger partial charge < -0.3 is 10.6 Å². The molecule has 2 rings (SSSR count). The van der Waals surface area contributed by atoms with Gasteiger partial charge in [0.15, 0.2) is 28.4 Å². The van der Waals surface area contributed by atoms with E-state index in [2.05, 4.69) is 12.2 Å². The Labute approximate surface area is 155 Å². The summed E-state index contributed by atoms with van der Waals surface area (Å²) in [5.74, 6) is -10.4. The second-order valence-corrected chi connectivity index (χ2v) is 5.53. The van der Waals surface area contributed by atoms with E-state index in [4.69, 9.17) is 0 Å². The Hall–Kier alpha value is -2.57. The summed E-state index contributed by atoms with van der Waals surface area (Å²) in [6, 6.07) is 3.71. The van der Waals surface area contributed by atoms with Crippen LogP contribution in [0.1, 0.15) is 11.1 Å². The minimum absolute atomic E-state index is 0.642. The smallest absolute Gasteiger partial charge is 0.332 e. The fourth-order valence-corrected chi connectivity index (χ4v) is 2.31. The van der Waals surface area contributed by atoms with E-state index < -0.39 is 63.2 Å². The Kier molecular flexibility index (Phi) is 5.78. The summed E-state index contributed by atoms with van der Waals surface area (Å²) < 4.78 is 131. The number of halogens is 10. The summed E-state index contributed by atoms with van der Waals surface area (Å²) in [4.78, 5) is 0. The number of anilines is 2. The molecule has 2 N–H and O–H groups in total. The van der Waals surface area contributed by atoms with Crippen LogP contribution in [0.2, 0.25) is 0 Å². The number of rotatable bonds is 2. The number of alkyl halides is 6. The average Bonchev–Trinajstić information content (AvgIpc) is 2.55. The van der Waals surface area contributed by atoms with Crippen molar-refractivity contribution in [3.63, 3.8) is 0 Å². The molecule has 0 aliphatic carbocycles. The van der Waals surface area contributed by atoms with Gasteiger partial charge in [-0.1, -0.05) is 12.1 Å². The fraction of sp³-hybridized carbons (Fsp3) is 0.133. The van der Waals surface area contributed by atoms with Gasteiger partial charge in [-0.2, -0.15) is 26.3 Å². The van der Waals surface area contributed by atoms with Crippen LogP contribution in [0, 0.1) is 23.3 Å². The first-order chi connectivity index (χ1) is 12.7. The van der Waals surface area contributed by atoms with Crippen molar-refractivity contribution in [3.05, 3.63) is 58.7 Å². The average molecular weight is 436 g/mol. The zero-order chi connectivity index (χ0) is 21.4. The third-order valence-electron chi connectivity index (χ3n) is 3.27. The summed E-state index contributed by atoms with van der Waals surface area (Å²) in [7, 11) is 0. The molecule has 0 unspecified atom stereocenters. The van der Waals surface area contributed by atoms with Crippen molar-refractivity contribution in [2.24, 2.45) is 0 Å². The predicted octanol–water partition coefficient (Wildman–Crippen LogP) is 6.09. The topological polar surface area (TPSA) is 24.1 Å². The molecule has 0 spiro atoms. The van der Waals surface area contributed by atoms with Crippen molar-refractivity contribution < 1.29 is 43.9 Å². The lowest BCUT2D eigenvalue weighted by molar-refractivity contribution is -0.143. The van der Waals surface area contributed by atoms with Gasteiger partial charge in [-0.15, -0.1) is 0 Å². The lowest BCUT2D eigenvalue weighted by Gasteiger charge is -2.18. The second-order valence-electron chi connectivity index (χ2n) is 5.13. The number of hydrogen-bond acceptors (Lipinski definition) is 1. The Morgan fingerprint density at radius 2 is 1.21 bits per heavy atom. The maximum Gasteiger partial charge on any atom is 0.422 e. The first kappa shape index (κ1) is 21.7. The van der Waals surface area contributed by atoms with E-state index in [1.54, 1.807) is 0 Å². The highest BCUT2D eigenvalue weighted by atomic mass is 32.1. The maximum atomic E-state index is 13.8. The number of nitrogens with one attached hydrogen (secondary N) is 2. The van der Waals surface area contributed by atoms with Crippen molar-refractivity contribution in [2.75, 3.05) is 10.6 Å². The SMILES string of the molecule is Fc1c(F)c(C(F)(F)F)c(F)c(F)c1NC(=S)Nc1ccccc1C(F)(F)F.